The van der Waals surface area contributed by atoms with Crippen LogP contribution >= 0.6 is 0 Å². The molecule has 130 valence electrons. The van der Waals surface area contributed by atoms with Crippen molar-refractivity contribution in [3.8, 4) is 0 Å². The Morgan fingerprint density at radius 1 is 1.13 bits per heavy atom. The molecule has 0 aromatic heterocycles. The molecule has 3 amide bonds. The zero-order valence-electron chi connectivity index (χ0n) is 14.1. The standard InChI is InChI=1S/C16H27N3O4/c1-4-23-16(22)19-7-5-11(6-8-19)18-15(21)13-9-12(13)14(20)17-10(2)3/h10-13H,4-9H2,1-3H3,(H,17,20)(H,18,21). The summed E-state index contributed by atoms with van der Waals surface area (Å²) in [6, 6.07) is 0.168. The van der Waals surface area contributed by atoms with Gasteiger partial charge in [-0.2, -0.15) is 0 Å². The van der Waals surface area contributed by atoms with Gasteiger partial charge >= 0.3 is 6.09 Å². The molecule has 2 unspecified atom stereocenters. The summed E-state index contributed by atoms with van der Waals surface area (Å²) in [6.45, 7) is 7.15. The molecule has 23 heavy (non-hydrogen) atoms. The SMILES string of the molecule is CCOC(=O)N1CCC(NC(=O)C2CC2C(=O)NC(C)C)CC1. The van der Waals surface area contributed by atoms with Gasteiger partial charge in [0.05, 0.1) is 18.4 Å². The number of carbonyl (C=O) groups excluding carboxylic acids is 3. The summed E-state index contributed by atoms with van der Waals surface area (Å²) in [5, 5.41) is 5.86. The molecule has 1 saturated heterocycles. The van der Waals surface area contributed by atoms with Gasteiger partial charge in [0.15, 0.2) is 0 Å². The van der Waals surface area contributed by atoms with Crippen molar-refractivity contribution in [1.29, 1.82) is 0 Å². The predicted octanol–water partition coefficient (Wildman–Crippen LogP) is 0.884. The van der Waals surface area contributed by atoms with E-state index in [1.165, 1.54) is 0 Å². The third kappa shape index (κ3) is 4.84. The van der Waals surface area contributed by atoms with E-state index in [0.29, 0.717) is 26.1 Å². The lowest BCUT2D eigenvalue weighted by Gasteiger charge is -2.31. The Morgan fingerprint density at radius 2 is 1.74 bits per heavy atom. The molecule has 2 atom stereocenters. The number of ether oxygens (including phenoxy) is 1. The predicted molar refractivity (Wildman–Crippen MR) is 84.6 cm³/mol. The van der Waals surface area contributed by atoms with Gasteiger partial charge in [0, 0.05) is 25.2 Å². The highest BCUT2D eigenvalue weighted by atomic mass is 16.6. The first-order valence-corrected chi connectivity index (χ1v) is 8.44. The van der Waals surface area contributed by atoms with Crippen molar-refractivity contribution >= 4 is 17.9 Å². The third-order valence-corrected chi connectivity index (χ3v) is 4.26. The van der Waals surface area contributed by atoms with Crippen LogP contribution in [0.25, 0.3) is 0 Å². The van der Waals surface area contributed by atoms with E-state index in [4.69, 9.17) is 4.74 Å². The van der Waals surface area contributed by atoms with Crippen LogP contribution in [0, 0.1) is 11.8 Å². The van der Waals surface area contributed by atoms with Crippen molar-refractivity contribution in [3.63, 3.8) is 0 Å². The summed E-state index contributed by atoms with van der Waals surface area (Å²) in [6.07, 6.45) is 1.79. The van der Waals surface area contributed by atoms with E-state index in [1.54, 1.807) is 11.8 Å². The number of hydrogen-bond donors (Lipinski definition) is 2. The summed E-state index contributed by atoms with van der Waals surface area (Å²) in [5.74, 6) is -0.449. The minimum Gasteiger partial charge on any atom is -0.450 e. The summed E-state index contributed by atoms with van der Waals surface area (Å²) in [7, 11) is 0. The maximum atomic E-state index is 12.2. The number of nitrogens with one attached hydrogen (secondary N) is 2. The van der Waals surface area contributed by atoms with Crippen molar-refractivity contribution in [1.82, 2.24) is 15.5 Å². The first-order valence-electron chi connectivity index (χ1n) is 8.44. The number of carbonyl (C=O) groups is 3. The van der Waals surface area contributed by atoms with E-state index in [2.05, 4.69) is 10.6 Å². The van der Waals surface area contributed by atoms with E-state index in [9.17, 15) is 14.4 Å². The average Bonchev–Trinajstić information content (AvgIpc) is 3.28. The molecule has 0 aromatic rings. The largest absolute Gasteiger partial charge is 0.450 e. The molecule has 2 aliphatic rings. The second kappa shape index (κ2) is 7.66. The number of nitrogens with zero attached hydrogens (tertiary/aromatic N) is 1. The van der Waals surface area contributed by atoms with Crippen LogP contribution in [0.15, 0.2) is 0 Å². The number of amides is 3. The Kier molecular flexibility index (Phi) is 5.85. The van der Waals surface area contributed by atoms with Gasteiger partial charge in [0.25, 0.3) is 0 Å². The van der Waals surface area contributed by atoms with Crippen LogP contribution in [0.4, 0.5) is 4.79 Å². The quantitative estimate of drug-likeness (QED) is 0.785. The van der Waals surface area contributed by atoms with Crippen LogP contribution in [-0.4, -0.2) is 54.6 Å². The zero-order chi connectivity index (χ0) is 17.0. The molecule has 2 fully saturated rings. The fraction of sp³-hybridized carbons (Fsp3) is 0.812. The summed E-state index contributed by atoms with van der Waals surface area (Å²) in [5.41, 5.74) is 0. The molecule has 0 spiro atoms. The lowest BCUT2D eigenvalue weighted by Crippen LogP contribution is -2.47. The normalized spacial score (nSPS) is 24.3. The lowest BCUT2D eigenvalue weighted by atomic mass is 10.1. The van der Waals surface area contributed by atoms with Gasteiger partial charge in [-0.15, -0.1) is 0 Å². The molecule has 7 heteroatoms. The zero-order valence-corrected chi connectivity index (χ0v) is 14.1. The monoisotopic (exact) mass is 325 g/mol. The van der Waals surface area contributed by atoms with Crippen LogP contribution in [0.5, 0.6) is 0 Å². The molecule has 2 rings (SSSR count). The Labute approximate surface area is 137 Å². The van der Waals surface area contributed by atoms with Crippen LogP contribution in [0.3, 0.4) is 0 Å². The molecule has 1 heterocycles. The third-order valence-electron chi connectivity index (χ3n) is 4.26. The Hall–Kier alpha value is -1.79. The maximum Gasteiger partial charge on any atom is 0.409 e. The summed E-state index contributed by atoms with van der Waals surface area (Å²) in [4.78, 5) is 37.3. The Morgan fingerprint density at radius 3 is 2.30 bits per heavy atom. The van der Waals surface area contributed by atoms with E-state index < -0.39 is 0 Å². The van der Waals surface area contributed by atoms with Crippen LogP contribution < -0.4 is 10.6 Å². The van der Waals surface area contributed by atoms with Gasteiger partial charge in [-0.05, 0) is 40.0 Å². The molecular weight excluding hydrogens is 298 g/mol. The molecule has 0 radical (unpaired) electrons. The van der Waals surface area contributed by atoms with Crippen molar-refractivity contribution in [2.45, 2.75) is 52.1 Å². The van der Waals surface area contributed by atoms with Crippen LogP contribution in [0.1, 0.15) is 40.0 Å². The maximum absolute atomic E-state index is 12.2. The Balaban J connectivity index is 1.70. The summed E-state index contributed by atoms with van der Waals surface area (Å²) >= 11 is 0. The second-order valence-corrected chi connectivity index (χ2v) is 6.58. The minimum atomic E-state index is -0.287. The van der Waals surface area contributed by atoms with Crippen LogP contribution in [-0.2, 0) is 14.3 Å². The molecule has 1 aliphatic heterocycles. The van der Waals surface area contributed by atoms with E-state index in [0.717, 1.165) is 12.8 Å². The smallest absolute Gasteiger partial charge is 0.409 e. The van der Waals surface area contributed by atoms with Crippen molar-refractivity contribution < 1.29 is 19.1 Å². The fourth-order valence-corrected chi connectivity index (χ4v) is 2.90. The molecule has 1 saturated carbocycles. The number of likely N-dealkylation sites (tertiary alicyclic amines) is 1. The van der Waals surface area contributed by atoms with Crippen molar-refractivity contribution in [2.24, 2.45) is 11.8 Å². The highest BCUT2D eigenvalue weighted by molar-refractivity contribution is 5.92. The highest BCUT2D eigenvalue weighted by Crippen LogP contribution is 2.39. The van der Waals surface area contributed by atoms with E-state index >= 15 is 0 Å². The molecule has 1 aliphatic carbocycles. The van der Waals surface area contributed by atoms with Gasteiger partial charge in [0.1, 0.15) is 0 Å². The average molecular weight is 325 g/mol. The van der Waals surface area contributed by atoms with Gasteiger partial charge in [-0.3, -0.25) is 9.59 Å². The topological polar surface area (TPSA) is 87.7 Å². The van der Waals surface area contributed by atoms with Gasteiger partial charge in [0.2, 0.25) is 11.8 Å². The molecular formula is C16H27N3O4. The van der Waals surface area contributed by atoms with Gasteiger partial charge in [-0.25, -0.2) is 4.79 Å². The fourth-order valence-electron chi connectivity index (χ4n) is 2.90. The van der Waals surface area contributed by atoms with Gasteiger partial charge in [-0.1, -0.05) is 0 Å². The molecule has 0 aromatic carbocycles. The molecule has 0 bridgehead atoms. The highest BCUT2D eigenvalue weighted by Gasteiger charge is 2.48. The van der Waals surface area contributed by atoms with Crippen molar-refractivity contribution in [2.75, 3.05) is 19.7 Å². The van der Waals surface area contributed by atoms with Crippen LogP contribution in [0.2, 0.25) is 0 Å². The van der Waals surface area contributed by atoms with E-state index in [1.807, 2.05) is 13.8 Å². The summed E-state index contributed by atoms with van der Waals surface area (Å²) < 4.78 is 4.97. The second-order valence-electron chi connectivity index (χ2n) is 6.58. The molecule has 2 N–H and O–H groups in total. The first kappa shape index (κ1) is 17.6. The van der Waals surface area contributed by atoms with Crippen molar-refractivity contribution in [3.05, 3.63) is 0 Å². The van der Waals surface area contributed by atoms with Gasteiger partial charge < -0.3 is 20.3 Å². The molecule has 7 nitrogen and oxygen atoms in total. The Bertz CT molecular complexity index is 458. The van der Waals surface area contributed by atoms with E-state index in [-0.39, 0.29) is 41.8 Å². The number of hydrogen-bond acceptors (Lipinski definition) is 4. The number of rotatable bonds is 5. The lowest BCUT2D eigenvalue weighted by molar-refractivity contribution is -0.128. The minimum absolute atomic E-state index is 0.0303. The number of piperidine rings is 1. The first-order chi connectivity index (χ1) is 10.9.